The van der Waals surface area contributed by atoms with E-state index in [0.29, 0.717) is 23.4 Å². The molecule has 30 heavy (non-hydrogen) atoms. The summed E-state index contributed by atoms with van der Waals surface area (Å²) < 4.78 is 5.77. The van der Waals surface area contributed by atoms with Gasteiger partial charge in [0.25, 0.3) is 0 Å². The summed E-state index contributed by atoms with van der Waals surface area (Å²) in [5.41, 5.74) is 4.65. The highest BCUT2D eigenvalue weighted by atomic mass is 16.5. The minimum atomic E-state index is -0.928. The Morgan fingerprint density at radius 1 is 1.20 bits per heavy atom. The second-order valence-electron chi connectivity index (χ2n) is 9.26. The summed E-state index contributed by atoms with van der Waals surface area (Å²) >= 11 is 0. The first-order valence-electron chi connectivity index (χ1n) is 10.9. The summed E-state index contributed by atoms with van der Waals surface area (Å²) in [6.07, 6.45) is 4.28. The van der Waals surface area contributed by atoms with Crippen LogP contribution in [0, 0.1) is 19.8 Å². The third kappa shape index (κ3) is 4.42. The molecule has 0 aliphatic heterocycles. The van der Waals surface area contributed by atoms with Crippen LogP contribution in [-0.2, 0) is 9.59 Å². The molecule has 0 radical (unpaired) electrons. The van der Waals surface area contributed by atoms with Gasteiger partial charge in [0.05, 0.1) is 12.1 Å². The number of carboxylic acid groups (broad SMARTS) is 1. The van der Waals surface area contributed by atoms with Crippen molar-refractivity contribution in [3.05, 3.63) is 46.3 Å². The highest BCUT2D eigenvalue weighted by molar-refractivity contribution is 5.92. The second kappa shape index (κ2) is 8.25. The first kappa shape index (κ1) is 20.6. The van der Waals surface area contributed by atoms with Crippen molar-refractivity contribution in [1.82, 2.24) is 5.16 Å². The van der Waals surface area contributed by atoms with Crippen molar-refractivity contribution >= 4 is 17.6 Å². The summed E-state index contributed by atoms with van der Waals surface area (Å²) in [7, 11) is 0. The standard InChI is InChI=1S/C24H30N2O4/c1-13-4-7-19(15(3)8-13)25-20(27)11-17(12-21(28)29)23-22(16-5-6-16)24(30-26-23)18-9-14(2)10-18/h4,7-8,14,16-18H,5-6,9-12H2,1-3H3,(H,25,27)(H,28,29). The molecule has 2 N–H and O–H groups in total. The maximum atomic E-state index is 12.8. The van der Waals surface area contributed by atoms with Crippen molar-refractivity contribution in [2.75, 3.05) is 5.32 Å². The number of carboxylic acids is 1. The Morgan fingerprint density at radius 2 is 1.93 bits per heavy atom. The van der Waals surface area contributed by atoms with Crippen molar-refractivity contribution in [2.24, 2.45) is 5.92 Å². The molecule has 0 bridgehead atoms. The Labute approximate surface area is 177 Å². The Hall–Kier alpha value is -2.63. The first-order valence-corrected chi connectivity index (χ1v) is 10.9. The van der Waals surface area contributed by atoms with Gasteiger partial charge in [0, 0.05) is 29.5 Å². The predicted molar refractivity (Wildman–Crippen MR) is 114 cm³/mol. The summed E-state index contributed by atoms with van der Waals surface area (Å²) in [5, 5.41) is 16.8. The fraction of sp³-hybridized carbons (Fsp3) is 0.542. The molecule has 2 aromatic rings. The first-order chi connectivity index (χ1) is 14.3. The van der Waals surface area contributed by atoms with Crippen molar-refractivity contribution < 1.29 is 19.2 Å². The largest absolute Gasteiger partial charge is 0.481 e. The molecule has 1 aromatic heterocycles. The third-order valence-electron chi connectivity index (χ3n) is 6.41. The Balaban J connectivity index is 1.55. The maximum Gasteiger partial charge on any atom is 0.304 e. The lowest BCUT2D eigenvalue weighted by Gasteiger charge is -2.31. The lowest BCUT2D eigenvalue weighted by Crippen LogP contribution is -2.21. The van der Waals surface area contributed by atoms with Crippen LogP contribution in [0.3, 0.4) is 0 Å². The molecular formula is C24H30N2O4. The number of amides is 1. The number of nitrogens with one attached hydrogen (secondary N) is 1. The van der Waals surface area contributed by atoms with Crippen LogP contribution >= 0.6 is 0 Å². The molecule has 0 spiro atoms. The fourth-order valence-corrected chi connectivity index (χ4v) is 4.67. The summed E-state index contributed by atoms with van der Waals surface area (Å²) in [6.45, 7) is 6.19. The van der Waals surface area contributed by atoms with E-state index in [1.54, 1.807) is 0 Å². The predicted octanol–water partition coefficient (Wildman–Crippen LogP) is 5.27. The topological polar surface area (TPSA) is 92.4 Å². The zero-order valence-corrected chi connectivity index (χ0v) is 17.9. The monoisotopic (exact) mass is 410 g/mol. The Bertz CT molecular complexity index is 954. The average molecular weight is 411 g/mol. The van der Waals surface area contributed by atoms with E-state index in [1.807, 2.05) is 32.0 Å². The second-order valence-corrected chi connectivity index (χ2v) is 9.26. The van der Waals surface area contributed by atoms with E-state index in [1.165, 1.54) is 0 Å². The smallest absolute Gasteiger partial charge is 0.304 e. The molecule has 2 fully saturated rings. The SMILES string of the molecule is Cc1ccc(NC(=O)CC(CC(=O)O)c2noc(C3CC(C)C3)c2C2CC2)c(C)c1. The molecule has 2 saturated carbocycles. The van der Waals surface area contributed by atoms with Crippen molar-refractivity contribution in [3.63, 3.8) is 0 Å². The van der Waals surface area contributed by atoms with Gasteiger partial charge in [0.15, 0.2) is 0 Å². The molecule has 4 rings (SSSR count). The van der Waals surface area contributed by atoms with E-state index in [-0.39, 0.29) is 18.7 Å². The third-order valence-corrected chi connectivity index (χ3v) is 6.41. The molecule has 6 nitrogen and oxygen atoms in total. The molecule has 160 valence electrons. The zero-order chi connectivity index (χ0) is 21.4. The van der Waals surface area contributed by atoms with Crippen LogP contribution in [0.15, 0.2) is 22.7 Å². The number of anilines is 1. The normalized spacial score (nSPS) is 21.7. The lowest BCUT2D eigenvalue weighted by atomic mass is 9.73. The molecule has 1 atom stereocenters. The number of aromatic nitrogens is 1. The van der Waals surface area contributed by atoms with E-state index in [0.717, 1.165) is 53.8 Å². The molecule has 2 aliphatic rings. The molecule has 0 saturated heterocycles. The van der Waals surface area contributed by atoms with Crippen LogP contribution in [0.2, 0.25) is 0 Å². The van der Waals surface area contributed by atoms with Gasteiger partial charge in [-0.05, 0) is 63.0 Å². The van der Waals surface area contributed by atoms with Gasteiger partial charge >= 0.3 is 5.97 Å². The van der Waals surface area contributed by atoms with Crippen LogP contribution in [0.4, 0.5) is 5.69 Å². The molecule has 6 heteroatoms. The van der Waals surface area contributed by atoms with E-state index < -0.39 is 11.9 Å². The van der Waals surface area contributed by atoms with Gasteiger partial charge in [-0.3, -0.25) is 9.59 Å². The minimum Gasteiger partial charge on any atom is -0.481 e. The highest BCUT2D eigenvalue weighted by Gasteiger charge is 2.41. The van der Waals surface area contributed by atoms with Crippen molar-refractivity contribution in [2.45, 2.75) is 77.0 Å². The number of rotatable bonds is 8. The minimum absolute atomic E-state index is 0.0758. The highest BCUT2D eigenvalue weighted by Crippen LogP contribution is 2.51. The van der Waals surface area contributed by atoms with Crippen LogP contribution < -0.4 is 5.32 Å². The zero-order valence-electron chi connectivity index (χ0n) is 17.9. The Kier molecular flexibility index (Phi) is 5.67. The van der Waals surface area contributed by atoms with Crippen molar-refractivity contribution in [3.8, 4) is 0 Å². The number of nitrogens with zero attached hydrogens (tertiary/aromatic N) is 1. The number of hydrogen-bond donors (Lipinski definition) is 2. The van der Waals surface area contributed by atoms with Crippen molar-refractivity contribution in [1.29, 1.82) is 0 Å². The number of hydrogen-bond acceptors (Lipinski definition) is 4. The van der Waals surface area contributed by atoms with E-state index in [2.05, 4.69) is 17.4 Å². The number of aryl methyl sites for hydroxylation is 2. The lowest BCUT2D eigenvalue weighted by molar-refractivity contribution is -0.137. The molecule has 1 amide bonds. The van der Waals surface area contributed by atoms with Gasteiger partial charge in [0.2, 0.25) is 5.91 Å². The van der Waals surface area contributed by atoms with E-state index in [4.69, 9.17) is 4.52 Å². The van der Waals surface area contributed by atoms with Crippen LogP contribution in [0.5, 0.6) is 0 Å². The quantitative estimate of drug-likeness (QED) is 0.618. The van der Waals surface area contributed by atoms with Crippen LogP contribution in [-0.4, -0.2) is 22.1 Å². The van der Waals surface area contributed by atoms with Crippen LogP contribution in [0.25, 0.3) is 0 Å². The maximum absolute atomic E-state index is 12.8. The summed E-state index contributed by atoms with van der Waals surface area (Å²) in [4.78, 5) is 24.4. The van der Waals surface area contributed by atoms with Gasteiger partial charge in [-0.25, -0.2) is 0 Å². The average Bonchev–Trinajstić information content (AvgIpc) is 3.39. The van der Waals surface area contributed by atoms with Gasteiger partial charge in [-0.1, -0.05) is 29.8 Å². The van der Waals surface area contributed by atoms with E-state index >= 15 is 0 Å². The number of carbonyl (C=O) groups excluding carboxylic acids is 1. The van der Waals surface area contributed by atoms with Gasteiger partial charge < -0.3 is 14.9 Å². The number of carbonyl (C=O) groups is 2. The van der Waals surface area contributed by atoms with Gasteiger partial charge in [-0.2, -0.15) is 0 Å². The van der Waals surface area contributed by atoms with E-state index in [9.17, 15) is 14.7 Å². The molecule has 2 aliphatic carbocycles. The van der Waals surface area contributed by atoms with Gasteiger partial charge in [-0.15, -0.1) is 0 Å². The molecular weight excluding hydrogens is 380 g/mol. The van der Waals surface area contributed by atoms with Crippen LogP contribution in [0.1, 0.15) is 91.3 Å². The molecule has 1 heterocycles. The number of benzene rings is 1. The fourth-order valence-electron chi connectivity index (χ4n) is 4.67. The Morgan fingerprint density at radius 3 is 2.53 bits per heavy atom. The molecule has 1 unspecified atom stereocenters. The summed E-state index contributed by atoms with van der Waals surface area (Å²) in [5.74, 6) is 0.797. The molecule has 1 aromatic carbocycles. The number of aliphatic carboxylic acids is 1. The van der Waals surface area contributed by atoms with Gasteiger partial charge in [0.1, 0.15) is 5.76 Å². The summed E-state index contributed by atoms with van der Waals surface area (Å²) in [6, 6.07) is 5.85.